The molecule has 1 aliphatic heterocycles. The van der Waals surface area contributed by atoms with Crippen LogP contribution in [0.2, 0.25) is 0 Å². The Bertz CT molecular complexity index is 357. The van der Waals surface area contributed by atoms with Crippen LogP contribution < -0.4 is 0 Å². The van der Waals surface area contributed by atoms with E-state index in [2.05, 4.69) is 0 Å². The number of ether oxygens (including phenoxy) is 2. The first-order valence-electron chi connectivity index (χ1n) is 4.78. The topological polar surface area (TPSA) is 59.1 Å². The van der Waals surface area contributed by atoms with Gasteiger partial charge in [-0.1, -0.05) is 12.1 Å². The van der Waals surface area contributed by atoms with E-state index in [9.17, 15) is 9.90 Å². The van der Waals surface area contributed by atoms with E-state index in [0.29, 0.717) is 18.8 Å². The number of Topliss-reactive ketones (excluding diaryl/α,β-unsaturated/α-hetero) is 1. The Morgan fingerprint density at radius 2 is 2.27 bits per heavy atom. The predicted molar refractivity (Wildman–Crippen MR) is 53.0 cm³/mol. The van der Waals surface area contributed by atoms with Crippen molar-refractivity contribution in [3.05, 3.63) is 29.8 Å². The maximum Gasteiger partial charge on any atom is 0.192 e. The summed E-state index contributed by atoms with van der Waals surface area (Å²) in [6, 6.07) is 6.44. The fourth-order valence-electron chi connectivity index (χ4n) is 1.23. The summed E-state index contributed by atoms with van der Waals surface area (Å²) in [5.41, 5.74) is 0.300. The Morgan fingerprint density at radius 1 is 1.53 bits per heavy atom. The maximum atomic E-state index is 11.5. The standard InChI is InChI=1S/C11H12O4/c12-10-4-2-1-3-9(10)11(13)7-14-5-8-6-15-8/h1-4,8,12H,5-7H2. The number of para-hydroxylation sites is 1. The number of phenols is 1. The molecule has 1 aromatic rings. The third-order valence-corrected chi connectivity index (χ3v) is 2.14. The van der Waals surface area contributed by atoms with Crippen molar-refractivity contribution in [3.8, 4) is 5.75 Å². The van der Waals surface area contributed by atoms with Crippen molar-refractivity contribution in [1.29, 1.82) is 0 Å². The summed E-state index contributed by atoms with van der Waals surface area (Å²) in [6.45, 7) is 1.14. The second-order valence-electron chi connectivity index (χ2n) is 3.41. The summed E-state index contributed by atoms with van der Waals surface area (Å²) in [5.74, 6) is -0.220. The molecule has 1 unspecified atom stereocenters. The molecule has 1 heterocycles. The van der Waals surface area contributed by atoms with Crippen molar-refractivity contribution in [1.82, 2.24) is 0 Å². The molecule has 1 aromatic carbocycles. The molecule has 0 aromatic heterocycles. The Morgan fingerprint density at radius 3 is 2.93 bits per heavy atom. The van der Waals surface area contributed by atoms with Crippen molar-refractivity contribution in [2.24, 2.45) is 0 Å². The molecule has 0 saturated carbocycles. The maximum absolute atomic E-state index is 11.5. The molecular weight excluding hydrogens is 196 g/mol. The first kappa shape index (κ1) is 10.1. The lowest BCUT2D eigenvalue weighted by Crippen LogP contribution is -2.12. The average molecular weight is 208 g/mol. The summed E-state index contributed by atoms with van der Waals surface area (Å²) in [6.07, 6.45) is 0.155. The number of aromatic hydroxyl groups is 1. The number of hydrogen-bond acceptors (Lipinski definition) is 4. The highest BCUT2D eigenvalue weighted by Crippen LogP contribution is 2.16. The van der Waals surface area contributed by atoms with Gasteiger partial charge in [0.15, 0.2) is 5.78 Å². The number of ketones is 1. The second-order valence-corrected chi connectivity index (χ2v) is 3.41. The zero-order chi connectivity index (χ0) is 10.7. The molecule has 0 spiro atoms. The van der Waals surface area contributed by atoms with Crippen molar-refractivity contribution in [2.75, 3.05) is 19.8 Å². The SMILES string of the molecule is O=C(COCC1CO1)c1ccccc1O. The van der Waals surface area contributed by atoms with Gasteiger partial charge in [0.1, 0.15) is 18.5 Å². The van der Waals surface area contributed by atoms with E-state index in [1.54, 1.807) is 18.2 Å². The van der Waals surface area contributed by atoms with Crippen LogP contribution in [0.15, 0.2) is 24.3 Å². The number of phenolic OH excluding ortho intramolecular Hbond substituents is 1. The van der Waals surface area contributed by atoms with Gasteiger partial charge in [-0.15, -0.1) is 0 Å². The van der Waals surface area contributed by atoms with Gasteiger partial charge in [0.2, 0.25) is 0 Å². The molecule has 1 atom stereocenters. The van der Waals surface area contributed by atoms with Gasteiger partial charge in [-0.2, -0.15) is 0 Å². The normalized spacial score (nSPS) is 18.8. The monoisotopic (exact) mass is 208 g/mol. The highest BCUT2D eigenvalue weighted by molar-refractivity contribution is 5.99. The molecule has 15 heavy (non-hydrogen) atoms. The highest BCUT2D eigenvalue weighted by atomic mass is 16.6. The van der Waals surface area contributed by atoms with Crippen molar-refractivity contribution < 1.29 is 19.4 Å². The van der Waals surface area contributed by atoms with E-state index in [0.717, 1.165) is 0 Å². The van der Waals surface area contributed by atoms with Crippen LogP contribution in [0, 0.1) is 0 Å². The molecule has 0 bridgehead atoms. The van der Waals surface area contributed by atoms with E-state index in [1.807, 2.05) is 0 Å². The molecule has 4 heteroatoms. The Labute approximate surface area is 87.4 Å². The van der Waals surface area contributed by atoms with Crippen molar-refractivity contribution in [2.45, 2.75) is 6.10 Å². The van der Waals surface area contributed by atoms with Crippen molar-refractivity contribution >= 4 is 5.78 Å². The minimum Gasteiger partial charge on any atom is -0.507 e. The summed E-state index contributed by atoms with van der Waals surface area (Å²) in [5, 5.41) is 9.40. The van der Waals surface area contributed by atoms with Gasteiger partial charge in [0, 0.05) is 0 Å². The van der Waals surface area contributed by atoms with Crippen LogP contribution in [0.5, 0.6) is 5.75 Å². The number of carbonyl (C=O) groups excluding carboxylic acids is 1. The molecule has 2 rings (SSSR count). The molecule has 80 valence electrons. The summed E-state index contributed by atoms with van der Waals surface area (Å²) >= 11 is 0. The molecule has 1 saturated heterocycles. The summed E-state index contributed by atoms with van der Waals surface area (Å²) < 4.78 is 10.1. The van der Waals surface area contributed by atoms with E-state index < -0.39 is 0 Å². The van der Waals surface area contributed by atoms with Crippen LogP contribution >= 0.6 is 0 Å². The minimum absolute atomic E-state index is 0.00577. The lowest BCUT2D eigenvalue weighted by molar-refractivity contribution is 0.0725. The quantitative estimate of drug-likeness (QED) is 0.579. The van der Waals surface area contributed by atoms with E-state index in [4.69, 9.17) is 9.47 Å². The first-order valence-corrected chi connectivity index (χ1v) is 4.78. The van der Waals surface area contributed by atoms with Crippen LogP contribution in [0.4, 0.5) is 0 Å². The smallest absolute Gasteiger partial charge is 0.192 e. The number of carbonyl (C=O) groups is 1. The van der Waals surface area contributed by atoms with Gasteiger partial charge >= 0.3 is 0 Å². The lowest BCUT2D eigenvalue weighted by atomic mass is 10.1. The lowest BCUT2D eigenvalue weighted by Gasteiger charge is -2.03. The fraction of sp³-hybridized carbons (Fsp3) is 0.364. The number of benzene rings is 1. The molecule has 0 amide bonds. The number of rotatable bonds is 5. The zero-order valence-electron chi connectivity index (χ0n) is 8.18. The number of epoxide rings is 1. The average Bonchev–Trinajstić information content (AvgIpc) is 3.02. The van der Waals surface area contributed by atoms with Crippen LogP contribution in [0.1, 0.15) is 10.4 Å². The van der Waals surface area contributed by atoms with Crippen LogP contribution in [-0.4, -0.2) is 36.8 Å². The predicted octanol–water partition coefficient (Wildman–Crippen LogP) is 0.990. The third-order valence-electron chi connectivity index (χ3n) is 2.14. The molecule has 0 radical (unpaired) electrons. The summed E-state index contributed by atoms with van der Waals surface area (Å²) in [4.78, 5) is 11.5. The molecule has 1 fully saturated rings. The van der Waals surface area contributed by atoms with E-state index >= 15 is 0 Å². The summed E-state index contributed by atoms with van der Waals surface area (Å²) in [7, 11) is 0. The van der Waals surface area contributed by atoms with E-state index in [1.165, 1.54) is 6.07 Å². The van der Waals surface area contributed by atoms with Gasteiger partial charge in [-0.3, -0.25) is 4.79 Å². The van der Waals surface area contributed by atoms with Gasteiger partial charge < -0.3 is 14.6 Å². The molecule has 1 N–H and O–H groups in total. The van der Waals surface area contributed by atoms with Gasteiger partial charge in [0.25, 0.3) is 0 Å². The van der Waals surface area contributed by atoms with Gasteiger partial charge in [0.05, 0.1) is 18.8 Å². The second kappa shape index (κ2) is 4.42. The largest absolute Gasteiger partial charge is 0.507 e. The Kier molecular flexibility index (Phi) is 2.99. The molecular formula is C11H12O4. The molecule has 4 nitrogen and oxygen atoms in total. The zero-order valence-corrected chi connectivity index (χ0v) is 8.18. The van der Waals surface area contributed by atoms with Crippen LogP contribution in [0.25, 0.3) is 0 Å². The fourth-order valence-corrected chi connectivity index (χ4v) is 1.23. The molecule has 1 aliphatic rings. The molecule has 0 aliphatic carbocycles. The van der Waals surface area contributed by atoms with Gasteiger partial charge in [-0.25, -0.2) is 0 Å². The minimum atomic E-state index is -0.214. The Balaban J connectivity index is 1.86. The van der Waals surface area contributed by atoms with Crippen molar-refractivity contribution in [3.63, 3.8) is 0 Å². The van der Waals surface area contributed by atoms with Crippen LogP contribution in [-0.2, 0) is 9.47 Å². The number of hydrogen-bond donors (Lipinski definition) is 1. The van der Waals surface area contributed by atoms with Gasteiger partial charge in [-0.05, 0) is 12.1 Å². The van der Waals surface area contributed by atoms with Crippen LogP contribution in [0.3, 0.4) is 0 Å². The van der Waals surface area contributed by atoms with E-state index in [-0.39, 0.29) is 24.2 Å². The first-order chi connectivity index (χ1) is 7.27. The Hall–Kier alpha value is -1.39. The third kappa shape index (κ3) is 2.78. The highest BCUT2D eigenvalue weighted by Gasteiger charge is 2.23.